The Labute approximate surface area is 291 Å². The summed E-state index contributed by atoms with van der Waals surface area (Å²) in [5, 5.41) is 0. The second-order valence-corrected chi connectivity index (χ2v) is 24.0. The lowest BCUT2D eigenvalue weighted by atomic mass is 10.8. The van der Waals surface area contributed by atoms with Crippen molar-refractivity contribution in [1.29, 1.82) is 0 Å². The van der Waals surface area contributed by atoms with Gasteiger partial charge in [0.2, 0.25) is 0 Å². The predicted octanol–water partition coefficient (Wildman–Crippen LogP) is 2.73. The molecule has 0 aromatic rings. The molecule has 18 nitrogen and oxygen atoms in total. The molecule has 0 aromatic carbocycles. The third-order valence-electron chi connectivity index (χ3n) is 6.34. The van der Waals surface area contributed by atoms with E-state index in [2.05, 4.69) is 57.4 Å². The van der Waals surface area contributed by atoms with Gasteiger partial charge in [0.15, 0.2) is 32.9 Å². The number of hydrogen-bond donors (Lipinski definition) is 1. The molecular weight excluding hydrogens is 703 g/mol. The summed E-state index contributed by atoms with van der Waals surface area (Å²) in [5.74, 6) is 0. The molecule has 0 aliphatic heterocycles. The molecule has 0 aromatic heterocycles. The summed E-state index contributed by atoms with van der Waals surface area (Å²) in [6, 6.07) is 0. The van der Waals surface area contributed by atoms with Crippen molar-refractivity contribution in [2.45, 2.75) is 0 Å². The van der Waals surface area contributed by atoms with Gasteiger partial charge < -0.3 is 4.89 Å². The molecule has 0 amide bonds. The van der Waals surface area contributed by atoms with E-state index < -0.39 is 40.8 Å². The zero-order valence-electron chi connectivity index (χ0n) is 32.5. The minimum atomic E-state index is -4.51. The lowest BCUT2D eigenvalue weighted by Gasteiger charge is -2.47. The van der Waals surface area contributed by atoms with E-state index in [1.54, 1.807) is 0 Å². The molecule has 47 heavy (non-hydrogen) atoms. The van der Waals surface area contributed by atoms with E-state index in [9.17, 15) is 9.46 Å². The fourth-order valence-electron chi connectivity index (χ4n) is 5.25. The first-order chi connectivity index (χ1) is 21.4. The topological polar surface area (TPSA) is 119 Å². The lowest BCUT2D eigenvalue weighted by molar-refractivity contribution is 0.223. The van der Waals surface area contributed by atoms with E-state index >= 15 is 0 Å². The predicted molar refractivity (Wildman–Crippen MR) is 205 cm³/mol. The third-order valence-corrected chi connectivity index (χ3v) is 17.9. The van der Waals surface area contributed by atoms with Gasteiger partial charge in [-0.1, -0.05) is 0 Å². The Hall–Kier alpha value is 0.950. The molecule has 23 heteroatoms. The van der Waals surface area contributed by atoms with Crippen LogP contribution in [-0.4, -0.2) is 229 Å². The number of hydrogen-bond acceptors (Lipinski definition) is 11. The van der Waals surface area contributed by atoms with E-state index in [1.807, 2.05) is 127 Å². The highest BCUT2D eigenvalue weighted by atomic mass is 31.3. The molecule has 0 aliphatic carbocycles. The molecule has 0 heterocycles. The highest BCUT2D eigenvalue weighted by Crippen LogP contribution is 2.65. The number of nitrogens with zero attached hydrogens (tertiary/aromatic N) is 14. The van der Waals surface area contributed by atoms with Gasteiger partial charge in [0, 0.05) is 0 Å². The molecule has 0 fully saturated rings. The van der Waals surface area contributed by atoms with Crippen LogP contribution in [0, 0.1) is 0 Å². The van der Waals surface area contributed by atoms with Crippen molar-refractivity contribution < 1.29 is 18.1 Å². The lowest BCUT2D eigenvalue weighted by Crippen LogP contribution is -2.44. The van der Waals surface area contributed by atoms with Crippen LogP contribution >= 0.6 is 40.8 Å². The fraction of sp³-hybridized carbons (Fsp3) is 1.00. The maximum Gasteiger partial charge on any atom is 0.481 e. The van der Waals surface area contributed by atoms with Crippen LogP contribution in [0.2, 0.25) is 0 Å². The first-order valence-corrected chi connectivity index (χ1v) is 21.5. The van der Waals surface area contributed by atoms with Crippen molar-refractivity contribution >= 4 is 40.8 Å². The Morgan fingerprint density at radius 1 is 0.426 bits per heavy atom. The Morgan fingerprint density at radius 3 is 0.745 bits per heavy atom. The molecule has 2 unspecified atom stereocenters. The van der Waals surface area contributed by atoms with Gasteiger partial charge in [0.1, 0.15) is 0 Å². The van der Waals surface area contributed by atoms with Crippen LogP contribution in [-0.2, 0) is 13.2 Å². The largest absolute Gasteiger partial charge is 0.481 e. The SMILES string of the molecule is CN(C)CN(C)P(=NPOP(=O)(O)OPN=P(N(C)CN(C)C)(N(C)CN(C)C)N(C)CN(C)C)(N(C)CN(C)C)N(C)CN(C)C. The molecule has 0 rings (SSSR count). The molecule has 0 aliphatic rings. The van der Waals surface area contributed by atoms with Crippen LogP contribution in [0.4, 0.5) is 0 Å². The smallest absolute Gasteiger partial charge is 0.302 e. The molecule has 2 atom stereocenters. The van der Waals surface area contributed by atoms with E-state index in [0.717, 1.165) is 0 Å². The summed E-state index contributed by atoms with van der Waals surface area (Å²) in [7, 11) is 25.2. The third kappa shape index (κ3) is 16.0. The Kier molecular flexibility index (Phi) is 22.6. The Morgan fingerprint density at radius 2 is 0.596 bits per heavy atom. The van der Waals surface area contributed by atoms with Crippen LogP contribution in [0.3, 0.4) is 0 Å². The first kappa shape index (κ1) is 48.0. The van der Waals surface area contributed by atoms with Crippen molar-refractivity contribution in [3.8, 4) is 0 Å². The van der Waals surface area contributed by atoms with Crippen molar-refractivity contribution in [1.82, 2.24) is 57.4 Å². The van der Waals surface area contributed by atoms with E-state index in [0.29, 0.717) is 40.0 Å². The van der Waals surface area contributed by atoms with Gasteiger partial charge in [-0.3, -0.25) is 29.4 Å². The van der Waals surface area contributed by atoms with Gasteiger partial charge in [-0.2, -0.15) is 0 Å². The summed E-state index contributed by atoms with van der Waals surface area (Å²) in [5.41, 5.74) is 0. The van der Waals surface area contributed by atoms with Crippen molar-refractivity contribution in [2.75, 3.05) is 167 Å². The Bertz CT molecular complexity index is 885. The molecule has 0 spiro atoms. The summed E-state index contributed by atoms with van der Waals surface area (Å²) >= 11 is 0. The molecule has 0 radical (unpaired) electrons. The van der Waals surface area contributed by atoms with Crippen LogP contribution in [0.5, 0.6) is 0 Å². The van der Waals surface area contributed by atoms with E-state index in [1.165, 1.54) is 0 Å². The summed E-state index contributed by atoms with van der Waals surface area (Å²) in [6.45, 7) is 3.74. The Balaban J connectivity index is 6.71. The monoisotopic (exact) mass is 772 g/mol. The highest BCUT2D eigenvalue weighted by molar-refractivity contribution is 7.67. The zero-order chi connectivity index (χ0) is 36.9. The molecular formula is C24H69N14O4P5. The van der Waals surface area contributed by atoms with Crippen molar-refractivity contribution in [2.24, 2.45) is 9.03 Å². The molecule has 0 bridgehead atoms. The second kappa shape index (κ2) is 22.1. The van der Waals surface area contributed by atoms with Gasteiger partial charge in [0.25, 0.3) is 0 Å². The summed E-state index contributed by atoms with van der Waals surface area (Å²) in [6.07, 6.45) is 0. The summed E-state index contributed by atoms with van der Waals surface area (Å²) in [4.78, 5) is 23.4. The highest BCUT2D eigenvalue weighted by Gasteiger charge is 2.38. The first-order valence-electron chi connectivity index (χ1n) is 15.0. The second-order valence-electron chi connectivity index (χ2n) is 13.4. The standard InChI is InChI=1S/C24H69N14O4P5/c1-27(2)19-33(13)45(34(14)20-28(3)4,35(15)21-29(5)6)25-43-41-47(39,40)42-44-26-46(36(16)22-30(7)8,37(17)23-31(9)10)38(18)24-32(11)12/h43-44H,19-24H2,1-18H3,(H,39,40). The van der Waals surface area contributed by atoms with Crippen LogP contribution in [0.25, 0.3) is 0 Å². The van der Waals surface area contributed by atoms with Gasteiger partial charge >= 0.3 is 7.82 Å². The quantitative estimate of drug-likeness (QED) is 0.114. The minimum Gasteiger partial charge on any atom is -0.302 e. The van der Waals surface area contributed by atoms with E-state index in [-0.39, 0.29) is 0 Å². The van der Waals surface area contributed by atoms with E-state index in [4.69, 9.17) is 17.7 Å². The van der Waals surface area contributed by atoms with Crippen molar-refractivity contribution in [3.63, 3.8) is 0 Å². The molecule has 0 saturated carbocycles. The van der Waals surface area contributed by atoms with Gasteiger partial charge in [-0.05, 0) is 127 Å². The fourth-order valence-corrected chi connectivity index (χ4v) is 17.7. The number of rotatable bonds is 24. The van der Waals surface area contributed by atoms with Gasteiger partial charge in [0.05, 0.1) is 40.0 Å². The van der Waals surface area contributed by atoms with Gasteiger partial charge in [-0.25, -0.2) is 50.2 Å². The van der Waals surface area contributed by atoms with Crippen molar-refractivity contribution in [3.05, 3.63) is 0 Å². The van der Waals surface area contributed by atoms with Crippen LogP contribution in [0.1, 0.15) is 0 Å². The average Bonchev–Trinajstić information content (AvgIpc) is 2.86. The normalized spacial score (nSPS) is 15.6. The number of phosphoric acid groups is 1. The zero-order valence-corrected chi connectivity index (χ0v) is 37.2. The molecule has 284 valence electrons. The molecule has 1 N–H and O–H groups in total. The van der Waals surface area contributed by atoms with Crippen LogP contribution < -0.4 is 0 Å². The average molecular weight is 773 g/mol. The maximum absolute atomic E-state index is 13.4. The summed E-state index contributed by atoms with van der Waals surface area (Å²) < 4.78 is 47.9. The minimum absolute atomic E-state index is 0.623. The molecule has 0 saturated heterocycles. The van der Waals surface area contributed by atoms with Gasteiger partial charge in [-0.15, -0.1) is 0 Å². The maximum atomic E-state index is 13.4. The van der Waals surface area contributed by atoms with Crippen LogP contribution in [0.15, 0.2) is 9.03 Å².